The number of phenolic OH excluding ortho intramolecular Hbond substituents is 1. The number of carboxylic acids is 1. The maximum absolute atomic E-state index is 12.3. The van der Waals surface area contributed by atoms with Crippen molar-refractivity contribution in [2.45, 2.75) is 24.4 Å². The molecule has 1 fully saturated rings. The number of phenols is 1. The van der Waals surface area contributed by atoms with E-state index in [1.807, 2.05) is 0 Å². The molecule has 3 rings (SSSR count). The maximum atomic E-state index is 12.3. The molecule has 9 nitrogen and oxygen atoms in total. The molecule has 0 saturated carbocycles. The van der Waals surface area contributed by atoms with Gasteiger partial charge in [0.1, 0.15) is 28.9 Å². The van der Waals surface area contributed by atoms with Gasteiger partial charge in [-0.25, -0.2) is 4.79 Å². The predicted molar refractivity (Wildman–Crippen MR) is 101 cm³/mol. The van der Waals surface area contributed by atoms with E-state index < -0.39 is 35.2 Å². The fourth-order valence-electron chi connectivity index (χ4n) is 2.85. The third-order valence-corrected chi connectivity index (χ3v) is 5.62. The molecule has 27 heavy (non-hydrogen) atoms. The number of carbonyl (C=O) groups excluding carboxylic acids is 2. The van der Waals surface area contributed by atoms with E-state index in [9.17, 15) is 24.6 Å². The zero-order valence-corrected chi connectivity index (χ0v) is 14.6. The standard InChI is InChI=1S/C16H17N3O5S.Na.H2O.H/c1-7-6-25-15-11(14(22)19(15)12(7)16(23)24)18-13(21)10(17)8-2-4-9(20)5-3-8;;;/h2-5,10-11,15,20H,6,17H2,1H3,(H,18,21)(H,23,24);;1H2;/t10-,11-,15-;;;/m1.../s1. The minimum absolute atomic E-state index is 0. The number of nitrogens with two attached hydrogens (primary N) is 1. The first-order chi connectivity index (χ1) is 11.8. The number of rotatable bonds is 4. The Labute approximate surface area is 181 Å². The first-order valence-corrected chi connectivity index (χ1v) is 8.58. The van der Waals surface area contributed by atoms with Crippen molar-refractivity contribution < 1.29 is 30.1 Å². The molecular formula is C16H20N3NaO6S. The Morgan fingerprint density at radius 3 is 2.48 bits per heavy atom. The average Bonchev–Trinajstić information content (AvgIpc) is 2.58. The van der Waals surface area contributed by atoms with Crippen LogP contribution in [0, 0.1) is 0 Å². The van der Waals surface area contributed by atoms with Crippen LogP contribution in [0.3, 0.4) is 0 Å². The molecule has 1 aromatic rings. The molecule has 2 aliphatic heterocycles. The zero-order chi connectivity index (χ0) is 18.3. The minimum atomic E-state index is -1.15. The Morgan fingerprint density at radius 1 is 1.33 bits per heavy atom. The molecule has 3 atom stereocenters. The fraction of sp³-hybridized carbons (Fsp3) is 0.312. The predicted octanol–water partition coefficient (Wildman–Crippen LogP) is -1.32. The Bertz CT molecular complexity index is 785. The van der Waals surface area contributed by atoms with Crippen molar-refractivity contribution in [1.29, 1.82) is 0 Å². The number of carbonyl (C=O) groups is 3. The number of amides is 2. The van der Waals surface area contributed by atoms with Crippen LogP contribution in [0.15, 0.2) is 35.5 Å². The Morgan fingerprint density at radius 2 is 1.93 bits per heavy atom. The van der Waals surface area contributed by atoms with Crippen molar-refractivity contribution in [2.75, 3.05) is 5.75 Å². The summed E-state index contributed by atoms with van der Waals surface area (Å²) in [5.74, 6) is -1.61. The summed E-state index contributed by atoms with van der Waals surface area (Å²) >= 11 is 1.40. The van der Waals surface area contributed by atoms with Crippen LogP contribution in [0.2, 0.25) is 0 Å². The molecule has 11 heteroatoms. The topological polar surface area (TPSA) is 164 Å². The molecule has 0 aliphatic carbocycles. The van der Waals surface area contributed by atoms with Crippen molar-refractivity contribution in [2.24, 2.45) is 5.73 Å². The molecule has 0 bridgehead atoms. The number of aliphatic carboxylic acids is 1. The third-order valence-electron chi connectivity index (χ3n) is 4.19. The third kappa shape index (κ3) is 4.31. The number of aromatic hydroxyl groups is 1. The second kappa shape index (κ2) is 9.09. The molecule has 0 spiro atoms. The Balaban J connectivity index is 0.00000182. The summed E-state index contributed by atoms with van der Waals surface area (Å²) in [4.78, 5) is 37.2. The second-order valence-corrected chi connectivity index (χ2v) is 7.00. The monoisotopic (exact) mass is 405 g/mol. The Hall–Kier alpha value is -1.56. The van der Waals surface area contributed by atoms with Crippen molar-refractivity contribution in [1.82, 2.24) is 10.2 Å². The van der Waals surface area contributed by atoms with Crippen LogP contribution in [-0.2, 0) is 14.4 Å². The van der Waals surface area contributed by atoms with E-state index in [2.05, 4.69) is 5.32 Å². The van der Waals surface area contributed by atoms with E-state index >= 15 is 0 Å². The van der Waals surface area contributed by atoms with Gasteiger partial charge in [-0.2, -0.15) is 0 Å². The van der Waals surface area contributed by atoms with Crippen LogP contribution in [-0.4, -0.2) is 85.1 Å². The molecule has 2 heterocycles. The first kappa shape index (κ1) is 23.5. The molecule has 0 radical (unpaired) electrons. The summed E-state index contributed by atoms with van der Waals surface area (Å²) in [6, 6.07) is 4.09. The van der Waals surface area contributed by atoms with Gasteiger partial charge in [-0.3, -0.25) is 14.5 Å². The summed E-state index contributed by atoms with van der Waals surface area (Å²) in [5.41, 5.74) is 7.00. The molecule has 0 unspecified atom stereocenters. The molecule has 2 aliphatic rings. The summed E-state index contributed by atoms with van der Waals surface area (Å²) in [6.45, 7) is 1.67. The number of nitrogens with zero attached hydrogens (tertiary/aromatic N) is 1. The van der Waals surface area contributed by atoms with Gasteiger partial charge in [-0.1, -0.05) is 12.1 Å². The van der Waals surface area contributed by atoms with E-state index in [0.29, 0.717) is 16.9 Å². The second-order valence-electron chi connectivity index (χ2n) is 5.90. The van der Waals surface area contributed by atoms with Gasteiger partial charge in [-0.05, 0) is 30.2 Å². The molecular weight excluding hydrogens is 385 g/mol. The van der Waals surface area contributed by atoms with Crippen molar-refractivity contribution in [3.8, 4) is 5.75 Å². The quantitative estimate of drug-likeness (QED) is 0.356. The number of fused-ring (bicyclic) bond motifs is 1. The number of hydrogen-bond donors (Lipinski definition) is 4. The summed E-state index contributed by atoms with van der Waals surface area (Å²) in [5, 5.41) is 20.7. The zero-order valence-electron chi connectivity index (χ0n) is 13.8. The summed E-state index contributed by atoms with van der Waals surface area (Å²) < 4.78 is 0. The van der Waals surface area contributed by atoms with Crippen molar-refractivity contribution in [3.05, 3.63) is 41.1 Å². The average molecular weight is 405 g/mol. The molecule has 142 valence electrons. The summed E-state index contributed by atoms with van der Waals surface area (Å²) in [6.07, 6.45) is 0. The molecule has 1 aromatic carbocycles. The van der Waals surface area contributed by atoms with E-state index in [4.69, 9.17) is 5.73 Å². The number of hydrogen-bond acceptors (Lipinski definition) is 6. The SMILES string of the molecule is CC1=C(C(=O)O)N2C(=O)[C@@H](NC(=O)[C@H](N)c3ccc(O)cc3)[C@H]2SC1.O.[NaH]. The van der Waals surface area contributed by atoms with Gasteiger partial charge in [0, 0.05) is 5.75 Å². The van der Waals surface area contributed by atoms with E-state index in [1.165, 1.54) is 40.9 Å². The Kier molecular flexibility index (Phi) is 7.90. The van der Waals surface area contributed by atoms with Gasteiger partial charge in [0.05, 0.1) is 0 Å². The number of β-lactam (4-membered cyclic amide) rings is 1. The number of thioether (sulfide) groups is 1. The number of benzene rings is 1. The van der Waals surface area contributed by atoms with E-state index in [1.54, 1.807) is 6.92 Å². The first-order valence-electron chi connectivity index (χ1n) is 7.54. The molecule has 0 aromatic heterocycles. The van der Waals surface area contributed by atoms with Crippen LogP contribution in [0.5, 0.6) is 5.75 Å². The van der Waals surface area contributed by atoms with Crippen LogP contribution in [0.4, 0.5) is 0 Å². The number of carboxylic acid groups (broad SMARTS) is 1. The van der Waals surface area contributed by atoms with E-state index in [-0.39, 0.29) is 46.5 Å². The van der Waals surface area contributed by atoms with Crippen molar-refractivity contribution in [3.63, 3.8) is 0 Å². The van der Waals surface area contributed by atoms with Crippen LogP contribution in [0.25, 0.3) is 0 Å². The molecule has 1 saturated heterocycles. The fourth-order valence-corrected chi connectivity index (χ4v) is 4.14. The molecule has 7 N–H and O–H groups in total. The van der Waals surface area contributed by atoms with E-state index in [0.717, 1.165) is 0 Å². The van der Waals surface area contributed by atoms with Crippen LogP contribution < -0.4 is 11.1 Å². The van der Waals surface area contributed by atoms with Crippen LogP contribution >= 0.6 is 11.8 Å². The van der Waals surface area contributed by atoms with Crippen LogP contribution in [0.1, 0.15) is 18.5 Å². The van der Waals surface area contributed by atoms with Gasteiger partial charge < -0.3 is 26.7 Å². The summed E-state index contributed by atoms with van der Waals surface area (Å²) in [7, 11) is 0. The van der Waals surface area contributed by atoms with Gasteiger partial charge in [0.15, 0.2) is 0 Å². The van der Waals surface area contributed by atoms with Gasteiger partial charge >= 0.3 is 35.5 Å². The van der Waals surface area contributed by atoms with Gasteiger partial charge in [-0.15, -0.1) is 11.8 Å². The number of nitrogens with one attached hydrogen (secondary N) is 1. The van der Waals surface area contributed by atoms with Gasteiger partial charge in [0.2, 0.25) is 5.91 Å². The molecule has 2 amide bonds. The normalized spacial score (nSPS) is 21.9. The van der Waals surface area contributed by atoms with Gasteiger partial charge in [0.25, 0.3) is 5.91 Å². The van der Waals surface area contributed by atoms with Crippen molar-refractivity contribution >= 4 is 59.1 Å².